The number of carbonyl (C=O) groups excluding carboxylic acids is 2. The number of carbonyl (C=O) groups is 3. The van der Waals surface area contributed by atoms with Crippen molar-refractivity contribution in [2.75, 3.05) is 0 Å². The lowest BCUT2D eigenvalue weighted by Gasteiger charge is -2.17. The van der Waals surface area contributed by atoms with Crippen LogP contribution in [0.3, 0.4) is 0 Å². The van der Waals surface area contributed by atoms with Gasteiger partial charge in [-0.3, -0.25) is 14.4 Å². The van der Waals surface area contributed by atoms with E-state index in [1.54, 1.807) is 0 Å². The monoisotopic (exact) mass is 267 g/mol. The molecule has 1 aromatic carbocycles. The van der Waals surface area contributed by atoms with E-state index >= 15 is 0 Å². The average Bonchev–Trinajstić information content (AvgIpc) is 2.37. The second-order valence-electron chi connectivity index (χ2n) is 4.23. The highest BCUT2D eigenvalue weighted by Gasteiger charge is 2.24. The van der Waals surface area contributed by atoms with E-state index in [9.17, 15) is 18.8 Å². The van der Waals surface area contributed by atoms with Crippen LogP contribution in [0.5, 0.6) is 0 Å². The second-order valence-corrected chi connectivity index (χ2v) is 4.23. The Labute approximate surface area is 109 Å². The number of ketones is 1. The lowest BCUT2D eigenvalue weighted by molar-refractivity contribution is -0.142. The molecule has 1 rings (SSSR count). The first-order valence-corrected chi connectivity index (χ1v) is 5.66. The van der Waals surface area contributed by atoms with Gasteiger partial charge in [-0.25, -0.2) is 4.39 Å². The van der Waals surface area contributed by atoms with E-state index in [4.69, 9.17) is 5.11 Å². The summed E-state index contributed by atoms with van der Waals surface area (Å²) in [5.74, 6) is -4.13. The molecule has 0 radical (unpaired) electrons. The zero-order valence-electron chi connectivity index (χ0n) is 10.5. The van der Waals surface area contributed by atoms with Gasteiger partial charge in [0.2, 0.25) is 5.78 Å². The maximum Gasteiger partial charge on any atom is 0.308 e. The minimum Gasteiger partial charge on any atom is -0.481 e. The van der Waals surface area contributed by atoms with Gasteiger partial charge in [0, 0.05) is 11.6 Å². The number of benzene rings is 1. The van der Waals surface area contributed by atoms with Gasteiger partial charge in [-0.05, 0) is 38.1 Å². The predicted molar refractivity (Wildman–Crippen MR) is 65.1 cm³/mol. The molecule has 5 nitrogen and oxygen atoms in total. The van der Waals surface area contributed by atoms with Gasteiger partial charge in [0.05, 0.1) is 5.92 Å². The first kappa shape index (κ1) is 14.8. The maximum atomic E-state index is 12.7. The lowest BCUT2D eigenvalue weighted by atomic mass is 10.0. The molecule has 0 bridgehead atoms. The van der Waals surface area contributed by atoms with Gasteiger partial charge in [-0.1, -0.05) is 0 Å². The van der Waals surface area contributed by atoms with Crippen LogP contribution in [0.15, 0.2) is 24.3 Å². The molecule has 19 heavy (non-hydrogen) atoms. The second kappa shape index (κ2) is 6.08. The van der Waals surface area contributed by atoms with Crippen molar-refractivity contribution in [3.63, 3.8) is 0 Å². The molecule has 0 aliphatic rings. The van der Waals surface area contributed by atoms with Crippen LogP contribution in [-0.2, 0) is 9.59 Å². The summed E-state index contributed by atoms with van der Waals surface area (Å²) in [7, 11) is 0. The summed E-state index contributed by atoms with van der Waals surface area (Å²) in [6, 6.07) is 3.85. The van der Waals surface area contributed by atoms with E-state index in [2.05, 4.69) is 5.32 Å². The fraction of sp³-hybridized carbons (Fsp3) is 0.308. The molecule has 0 heterocycles. The summed E-state index contributed by atoms with van der Waals surface area (Å²) in [5, 5.41) is 11.1. The van der Waals surface area contributed by atoms with Crippen LogP contribution in [0.4, 0.5) is 4.39 Å². The number of hydrogen-bond acceptors (Lipinski definition) is 3. The number of hydrogen-bond donors (Lipinski definition) is 2. The van der Waals surface area contributed by atoms with Crippen LogP contribution in [0.1, 0.15) is 24.2 Å². The number of nitrogens with one attached hydrogen (secondary N) is 1. The van der Waals surface area contributed by atoms with Crippen molar-refractivity contribution in [2.45, 2.75) is 19.9 Å². The van der Waals surface area contributed by atoms with Crippen LogP contribution in [0, 0.1) is 11.7 Å². The fourth-order valence-electron chi connectivity index (χ4n) is 1.34. The third-order valence-corrected chi connectivity index (χ3v) is 2.81. The molecule has 0 spiro atoms. The number of amides is 1. The van der Waals surface area contributed by atoms with Gasteiger partial charge in [-0.2, -0.15) is 0 Å². The first-order chi connectivity index (χ1) is 8.82. The molecule has 2 atom stereocenters. The van der Waals surface area contributed by atoms with Gasteiger partial charge < -0.3 is 10.4 Å². The number of carboxylic acids is 1. The Morgan fingerprint density at radius 1 is 1.16 bits per heavy atom. The average molecular weight is 267 g/mol. The Hall–Kier alpha value is -2.24. The Morgan fingerprint density at radius 2 is 1.68 bits per heavy atom. The van der Waals surface area contributed by atoms with Crippen molar-refractivity contribution in [2.24, 2.45) is 5.92 Å². The van der Waals surface area contributed by atoms with Gasteiger partial charge in [0.25, 0.3) is 5.91 Å². The zero-order valence-corrected chi connectivity index (χ0v) is 10.5. The minimum atomic E-state index is -1.07. The number of Topliss-reactive ketones (excluding diaryl/α,β-unsaturated/α-hetero) is 1. The van der Waals surface area contributed by atoms with E-state index in [0.717, 1.165) is 12.1 Å². The SMILES string of the molecule is CC(NC(=O)C(=O)c1ccc(F)cc1)C(C)C(=O)O. The molecule has 1 aromatic rings. The van der Waals surface area contributed by atoms with E-state index in [1.807, 2.05) is 0 Å². The number of halogens is 1. The van der Waals surface area contributed by atoms with Crippen molar-refractivity contribution in [1.82, 2.24) is 5.32 Å². The van der Waals surface area contributed by atoms with Gasteiger partial charge in [0.15, 0.2) is 0 Å². The van der Waals surface area contributed by atoms with Crippen LogP contribution >= 0.6 is 0 Å². The third-order valence-electron chi connectivity index (χ3n) is 2.81. The highest BCUT2D eigenvalue weighted by molar-refractivity contribution is 6.42. The van der Waals surface area contributed by atoms with E-state index < -0.39 is 35.4 Å². The molecular weight excluding hydrogens is 253 g/mol. The normalized spacial score (nSPS) is 13.4. The Bertz CT molecular complexity index is 498. The van der Waals surface area contributed by atoms with Crippen LogP contribution in [0.2, 0.25) is 0 Å². The van der Waals surface area contributed by atoms with Crippen molar-refractivity contribution >= 4 is 17.7 Å². The van der Waals surface area contributed by atoms with Gasteiger partial charge >= 0.3 is 5.97 Å². The molecule has 0 fully saturated rings. The number of aliphatic carboxylic acids is 1. The molecule has 0 aliphatic carbocycles. The van der Waals surface area contributed by atoms with E-state index in [1.165, 1.54) is 26.0 Å². The fourth-order valence-corrected chi connectivity index (χ4v) is 1.34. The molecule has 0 saturated carbocycles. The minimum absolute atomic E-state index is 0.0501. The largest absolute Gasteiger partial charge is 0.481 e. The van der Waals surface area contributed by atoms with Crippen molar-refractivity contribution in [3.8, 4) is 0 Å². The standard InChI is InChI=1S/C13H14FNO4/c1-7(13(18)19)8(2)15-12(17)11(16)9-3-5-10(14)6-4-9/h3-8H,1-2H3,(H,15,17)(H,18,19). The smallest absolute Gasteiger partial charge is 0.308 e. The summed E-state index contributed by atoms with van der Waals surface area (Å²) in [4.78, 5) is 34.0. The Balaban J connectivity index is 2.70. The summed E-state index contributed by atoms with van der Waals surface area (Å²) in [5.41, 5.74) is 0.0501. The van der Waals surface area contributed by atoms with Crippen LogP contribution in [-0.4, -0.2) is 28.8 Å². The predicted octanol–water partition coefficient (Wildman–Crippen LogP) is 1.23. The molecule has 0 aliphatic heterocycles. The molecule has 102 valence electrons. The van der Waals surface area contributed by atoms with E-state index in [0.29, 0.717) is 0 Å². The highest BCUT2D eigenvalue weighted by Crippen LogP contribution is 2.06. The lowest BCUT2D eigenvalue weighted by Crippen LogP contribution is -2.43. The van der Waals surface area contributed by atoms with Crippen molar-refractivity contribution in [3.05, 3.63) is 35.6 Å². The maximum absolute atomic E-state index is 12.7. The van der Waals surface area contributed by atoms with Crippen LogP contribution < -0.4 is 5.32 Å². The molecule has 6 heteroatoms. The van der Waals surface area contributed by atoms with Gasteiger partial charge in [0.1, 0.15) is 5.82 Å². The number of rotatable bonds is 5. The Morgan fingerprint density at radius 3 is 2.16 bits per heavy atom. The quantitative estimate of drug-likeness (QED) is 0.621. The third kappa shape index (κ3) is 3.87. The van der Waals surface area contributed by atoms with Crippen molar-refractivity contribution in [1.29, 1.82) is 0 Å². The molecule has 2 unspecified atom stereocenters. The van der Waals surface area contributed by atoms with Crippen molar-refractivity contribution < 1.29 is 23.9 Å². The zero-order chi connectivity index (χ0) is 14.6. The molecule has 0 saturated heterocycles. The Kier molecular flexibility index (Phi) is 4.74. The van der Waals surface area contributed by atoms with Gasteiger partial charge in [-0.15, -0.1) is 0 Å². The molecule has 2 N–H and O–H groups in total. The summed E-state index contributed by atoms with van der Waals surface area (Å²) >= 11 is 0. The summed E-state index contributed by atoms with van der Waals surface area (Å²) < 4.78 is 12.7. The summed E-state index contributed by atoms with van der Waals surface area (Å²) in [6.45, 7) is 2.92. The highest BCUT2D eigenvalue weighted by atomic mass is 19.1. The molecule has 1 amide bonds. The van der Waals surface area contributed by atoms with E-state index in [-0.39, 0.29) is 5.56 Å². The van der Waals surface area contributed by atoms with Crippen LogP contribution in [0.25, 0.3) is 0 Å². The summed E-state index contributed by atoms with van der Waals surface area (Å²) in [6.07, 6.45) is 0. The molecule has 0 aromatic heterocycles. The number of carboxylic acid groups (broad SMARTS) is 1. The topological polar surface area (TPSA) is 83.5 Å². The molecular formula is C13H14FNO4. The first-order valence-electron chi connectivity index (χ1n) is 5.66.